The number of piperazine rings is 1. The summed E-state index contributed by atoms with van der Waals surface area (Å²) in [5.74, 6) is -0.0439. The van der Waals surface area contributed by atoms with Gasteiger partial charge in [-0.05, 0) is 13.8 Å². The first kappa shape index (κ1) is 21.8. The highest BCUT2D eigenvalue weighted by atomic mass is 35.5. The van der Waals surface area contributed by atoms with E-state index in [1.54, 1.807) is 12.1 Å². The lowest BCUT2D eigenvalue weighted by molar-refractivity contribution is -0.384. The molecule has 130 valence electrons. The summed E-state index contributed by atoms with van der Waals surface area (Å²) in [6.45, 7) is 6.80. The van der Waals surface area contributed by atoms with Gasteiger partial charge in [0.15, 0.2) is 5.78 Å². The van der Waals surface area contributed by atoms with Gasteiger partial charge in [0.25, 0.3) is 5.69 Å². The van der Waals surface area contributed by atoms with Gasteiger partial charge in [-0.25, -0.2) is 0 Å². The van der Waals surface area contributed by atoms with Crippen LogP contribution in [0, 0.1) is 10.1 Å². The number of nitro benzene ring substituents is 1. The van der Waals surface area contributed by atoms with Crippen LogP contribution in [0.25, 0.3) is 0 Å². The number of carbonyl (C=O) groups excluding carboxylic acids is 1. The average Bonchev–Trinajstić information content (AvgIpc) is 2.44. The molecule has 2 atom stereocenters. The van der Waals surface area contributed by atoms with E-state index in [9.17, 15) is 14.9 Å². The first-order chi connectivity index (χ1) is 9.95. The van der Waals surface area contributed by atoms with Gasteiger partial charge in [-0.1, -0.05) is 12.1 Å². The second kappa shape index (κ2) is 9.82. The Hall–Kier alpha value is -1.21. The third kappa shape index (κ3) is 6.43. The Morgan fingerprint density at radius 1 is 1.30 bits per heavy atom. The van der Waals surface area contributed by atoms with Crippen LogP contribution in [0.1, 0.15) is 30.6 Å². The molecule has 0 amide bonds. The molecule has 1 aromatic rings. The molecule has 8 heteroatoms. The van der Waals surface area contributed by atoms with Crippen molar-refractivity contribution in [1.82, 2.24) is 10.2 Å². The summed E-state index contributed by atoms with van der Waals surface area (Å²) in [6, 6.07) is 6.78. The molecule has 0 spiro atoms. The van der Waals surface area contributed by atoms with Gasteiger partial charge in [0.05, 0.1) is 4.92 Å². The topological polar surface area (TPSA) is 75.5 Å². The highest BCUT2D eigenvalue weighted by molar-refractivity contribution is 5.96. The van der Waals surface area contributed by atoms with Crippen LogP contribution in [0.2, 0.25) is 0 Å². The Balaban J connectivity index is 0.00000242. The minimum atomic E-state index is -0.476. The maximum Gasteiger partial charge on any atom is 0.270 e. The van der Waals surface area contributed by atoms with Crippen LogP contribution in [0.3, 0.4) is 0 Å². The molecular formula is C15H23Cl2N3O3. The van der Waals surface area contributed by atoms with Crippen LogP contribution in [-0.2, 0) is 0 Å². The highest BCUT2D eigenvalue weighted by Crippen LogP contribution is 2.15. The molecule has 1 fully saturated rings. The van der Waals surface area contributed by atoms with Crippen LogP contribution in [-0.4, -0.2) is 47.3 Å². The number of nitrogens with one attached hydrogen (secondary N) is 1. The first-order valence-electron chi connectivity index (χ1n) is 7.22. The number of rotatable bonds is 5. The van der Waals surface area contributed by atoms with Gasteiger partial charge >= 0.3 is 0 Å². The quantitative estimate of drug-likeness (QED) is 0.494. The standard InChI is InChI=1S/C15H21N3O3.2ClH/c1-11-9-17(10-12(2)16-11)7-6-15(19)13-4-3-5-14(8-13)18(20)21;;/h3-5,8,11-12,16H,6-7,9-10H2,1-2H3;2*1H. The zero-order chi connectivity index (χ0) is 15.4. The monoisotopic (exact) mass is 363 g/mol. The number of halogens is 2. The Kier molecular flexibility index (Phi) is 9.31. The number of Topliss-reactive ketones (excluding diaryl/α,β-unsaturated/α-hetero) is 1. The van der Waals surface area contributed by atoms with Gasteiger partial charge in [-0.15, -0.1) is 24.8 Å². The van der Waals surface area contributed by atoms with E-state index in [4.69, 9.17) is 0 Å². The normalized spacial score (nSPS) is 21.0. The summed E-state index contributed by atoms with van der Waals surface area (Å²) in [7, 11) is 0. The highest BCUT2D eigenvalue weighted by Gasteiger charge is 2.21. The van der Waals surface area contributed by atoms with Crippen LogP contribution >= 0.6 is 24.8 Å². The van der Waals surface area contributed by atoms with Crippen molar-refractivity contribution < 1.29 is 9.72 Å². The predicted molar refractivity (Wildman–Crippen MR) is 95.0 cm³/mol. The number of hydrogen-bond donors (Lipinski definition) is 1. The van der Waals surface area contributed by atoms with Gasteiger partial charge in [0.2, 0.25) is 0 Å². The fourth-order valence-corrected chi connectivity index (χ4v) is 2.82. The Morgan fingerprint density at radius 2 is 1.91 bits per heavy atom. The molecule has 23 heavy (non-hydrogen) atoms. The smallest absolute Gasteiger partial charge is 0.270 e. The molecule has 0 aromatic heterocycles. The summed E-state index contributed by atoms with van der Waals surface area (Å²) in [5.41, 5.74) is 0.380. The Bertz CT molecular complexity index is 532. The number of carbonyl (C=O) groups is 1. The lowest BCUT2D eigenvalue weighted by atomic mass is 10.1. The van der Waals surface area contributed by atoms with Crippen molar-refractivity contribution in [2.75, 3.05) is 19.6 Å². The summed E-state index contributed by atoms with van der Waals surface area (Å²) in [5, 5.41) is 14.2. The van der Waals surface area contributed by atoms with Gasteiger partial charge in [0, 0.05) is 55.8 Å². The van der Waals surface area contributed by atoms with E-state index in [0.29, 0.717) is 30.6 Å². The molecule has 1 heterocycles. The average molecular weight is 364 g/mol. The number of nitrogens with zero attached hydrogens (tertiary/aromatic N) is 2. The van der Waals surface area contributed by atoms with Crippen LogP contribution < -0.4 is 5.32 Å². The van der Waals surface area contributed by atoms with E-state index in [1.807, 2.05) is 0 Å². The zero-order valence-corrected chi connectivity index (χ0v) is 14.9. The number of hydrogen-bond acceptors (Lipinski definition) is 5. The second-order valence-corrected chi connectivity index (χ2v) is 5.71. The van der Waals surface area contributed by atoms with Crippen molar-refractivity contribution >= 4 is 36.3 Å². The molecule has 2 unspecified atom stereocenters. The van der Waals surface area contributed by atoms with Gasteiger partial charge in [-0.3, -0.25) is 19.8 Å². The molecule has 0 saturated carbocycles. The third-order valence-electron chi connectivity index (χ3n) is 3.67. The fraction of sp³-hybridized carbons (Fsp3) is 0.533. The minimum Gasteiger partial charge on any atom is -0.309 e. The van der Waals surface area contributed by atoms with Gasteiger partial charge in [-0.2, -0.15) is 0 Å². The van der Waals surface area contributed by atoms with Crippen LogP contribution in [0.15, 0.2) is 24.3 Å². The van der Waals surface area contributed by atoms with E-state index in [-0.39, 0.29) is 36.3 Å². The zero-order valence-electron chi connectivity index (χ0n) is 13.2. The number of non-ortho nitro benzene ring substituents is 1. The van der Waals surface area contributed by atoms with Crippen LogP contribution in [0.4, 0.5) is 5.69 Å². The summed E-state index contributed by atoms with van der Waals surface area (Å²) in [6.07, 6.45) is 0.389. The van der Waals surface area contributed by atoms with E-state index < -0.39 is 4.92 Å². The lowest BCUT2D eigenvalue weighted by Crippen LogP contribution is -2.54. The maximum atomic E-state index is 12.2. The fourth-order valence-electron chi connectivity index (χ4n) is 2.82. The van der Waals surface area contributed by atoms with Gasteiger partial charge in [0.1, 0.15) is 0 Å². The SMILES string of the molecule is CC1CN(CCC(=O)c2cccc([N+](=O)[O-])c2)CC(C)N1.Cl.Cl. The van der Waals surface area contributed by atoms with Gasteiger partial charge < -0.3 is 5.32 Å². The predicted octanol–water partition coefficient (Wildman–Crippen LogP) is 2.69. The minimum absolute atomic E-state index is 0. The summed E-state index contributed by atoms with van der Waals surface area (Å²) < 4.78 is 0. The number of ketones is 1. The summed E-state index contributed by atoms with van der Waals surface area (Å²) in [4.78, 5) is 24.7. The molecule has 1 N–H and O–H groups in total. The molecule has 1 aliphatic heterocycles. The van der Waals surface area contributed by atoms with E-state index >= 15 is 0 Å². The van der Waals surface area contributed by atoms with E-state index in [2.05, 4.69) is 24.1 Å². The maximum absolute atomic E-state index is 12.2. The van der Waals surface area contributed by atoms with Crippen LogP contribution in [0.5, 0.6) is 0 Å². The lowest BCUT2D eigenvalue weighted by Gasteiger charge is -2.36. The number of benzene rings is 1. The molecule has 1 saturated heterocycles. The third-order valence-corrected chi connectivity index (χ3v) is 3.67. The van der Waals surface area contributed by atoms with Crippen molar-refractivity contribution in [2.24, 2.45) is 0 Å². The molecule has 1 aliphatic rings. The molecule has 1 aromatic carbocycles. The van der Waals surface area contributed by atoms with Crippen molar-refractivity contribution in [1.29, 1.82) is 0 Å². The first-order valence-corrected chi connectivity index (χ1v) is 7.22. The molecule has 6 nitrogen and oxygen atoms in total. The van der Waals surface area contributed by atoms with E-state index in [0.717, 1.165) is 13.1 Å². The molecule has 0 bridgehead atoms. The second-order valence-electron chi connectivity index (χ2n) is 5.71. The molecular weight excluding hydrogens is 341 g/mol. The number of nitro groups is 1. The van der Waals surface area contributed by atoms with Crippen molar-refractivity contribution in [3.63, 3.8) is 0 Å². The largest absolute Gasteiger partial charge is 0.309 e. The Labute approximate surface area is 148 Å². The summed E-state index contributed by atoms with van der Waals surface area (Å²) >= 11 is 0. The molecule has 0 radical (unpaired) electrons. The molecule has 2 rings (SSSR count). The van der Waals surface area contributed by atoms with Crippen molar-refractivity contribution in [3.8, 4) is 0 Å². The Morgan fingerprint density at radius 3 is 2.48 bits per heavy atom. The van der Waals surface area contributed by atoms with Crippen molar-refractivity contribution in [2.45, 2.75) is 32.4 Å². The van der Waals surface area contributed by atoms with E-state index in [1.165, 1.54) is 12.1 Å². The van der Waals surface area contributed by atoms with Crippen molar-refractivity contribution in [3.05, 3.63) is 39.9 Å². The molecule has 0 aliphatic carbocycles.